The summed E-state index contributed by atoms with van der Waals surface area (Å²) in [5.74, 6) is -0.714. The van der Waals surface area contributed by atoms with Crippen molar-refractivity contribution in [1.29, 1.82) is 0 Å². The number of aromatic amines is 1. The molecule has 30 heavy (non-hydrogen) atoms. The van der Waals surface area contributed by atoms with E-state index < -0.39 is 50.0 Å². The lowest BCUT2D eigenvalue weighted by molar-refractivity contribution is -0.0451. The highest BCUT2D eigenvalue weighted by molar-refractivity contribution is 7.46. The van der Waals surface area contributed by atoms with Gasteiger partial charge in [-0.2, -0.15) is 0 Å². The molecule has 2 aromatic rings. The van der Waals surface area contributed by atoms with Crippen molar-refractivity contribution in [3.63, 3.8) is 0 Å². The van der Waals surface area contributed by atoms with Gasteiger partial charge in [0.2, 0.25) is 0 Å². The molecule has 0 spiro atoms. The van der Waals surface area contributed by atoms with E-state index in [2.05, 4.69) is 9.84 Å². The van der Waals surface area contributed by atoms with E-state index in [1.807, 2.05) is 11.1 Å². The maximum atomic E-state index is 12.4. The number of aliphatic hydroxyl groups excluding tert-OH is 1. The molecule has 0 radical (unpaired) electrons. The van der Waals surface area contributed by atoms with E-state index in [9.17, 15) is 24.1 Å². The number of phosphoric ester groups is 1. The summed E-state index contributed by atoms with van der Waals surface area (Å²) in [6, 6.07) is 8.99. The quantitative estimate of drug-likeness (QED) is 0.345. The molecule has 12 nitrogen and oxygen atoms in total. The Hall–Kier alpha value is -2.60. The topological polar surface area (TPSA) is 180 Å². The van der Waals surface area contributed by atoms with Crippen molar-refractivity contribution in [1.82, 2.24) is 14.9 Å². The Balaban J connectivity index is 1.75. The molecule has 1 saturated heterocycles. The van der Waals surface area contributed by atoms with Crippen LogP contribution in [0.5, 0.6) is 0 Å². The molecule has 2 heterocycles. The maximum Gasteiger partial charge on any atom is 0.469 e. The van der Waals surface area contributed by atoms with Gasteiger partial charge < -0.3 is 24.9 Å². The van der Waals surface area contributed by atoms with Crippen LogP contribution < -0.4 is 16.6 Å². The molecular weight excluding hydrogens is 421 g/mol. The number of amides is 1. The lowest BCUT2D eigenvalue weighted by atomic mass is 10.2. The number of hydrogen-bond acceptors (Lipinski definition) is 7. The van der Waals surface area contributed by atoms with E-state index in [-0.39, 0.29) is 18.5 Å². The van der Waals surface area contributed by atoms with E-state index in [0.29, 0.717) is 0 Å². The van der Waals surface area contributed by atoms with Gasteiger partial charge in [-0.25, -0.2) is 9.36 Å². The molecule has 13 heteroatoms. The Morgan fingerprint density at radius 3 is 2.67 bits per heavy atom. The van der Waals surface area contributed by atoms with E-state index in [4.69, 9.17) is 14.5 Å². The van der Waals surface area contributed by atoms with Crippen LogP contribution in [-0.2, 0) is 20.4 Å². The van der Waals surface area contributed by atoms with Crippen LogP contribution >= 0.6 is 7.82 Å². The zero-order valence-electron chi connectivity index (χ0n) is 15.5. The predicted octanol–water partition coefficient (Wildman–Crippen LogP) is -0.776. The minimum absolute atomic E-state index is 0.119. The summed E-state index contributed by atoms with van der Waals surface area (Å²) < 4.78 is 21.5. The second-order valence-electron chi connectivity index (χ2n) is 6.60. The fraction of sp³-hybridized carbons (Fsp3) is 0.353. The smallest absolute Gasteiger partial charge is 0.390 e. The standard InChI is InChI=1S/C17H20N3O9P/c21-12-6-14(29-13(12)9-28-30(25,26)27)20-8-11(16(23)19-17(20)24)15(22)18-7-10-4-2-1-3-5-10/h1-5,8,12-14,21H,6-7,9H2,(H,18,22)(H,19,23,24)(H2,25,26,27)/t12-,13+,14+/m0/s1. The number of carbonyl (C=O) groups excluding carboxylic acids is 1. The summed E-state index contributed by atoms with van der Waals surface area (Å²) in [5, 5.41) is 12.6. The molecule has 3 atom stereocenters. The zero-order chi connectivity index (χ0) is 21.9. The Kier molecular flexibility index (Phi) is 6.66. The van der Waals surface area contributed by atoms with Gasteiger partial charge in [-0.05, 0) is 5.56 Å². The predicted molar refractivity (Wildman–Crippen MR) is 101 cm³/mol. The first-order valence-corrected chi connectivity index (χ1v) is 10.4. The largest absolute Gasteiger partial charge is 0.469 e. The second kappa shape index (κ2) is 9.04. The van der Waals surface area contributed by atoms with E-state index in [0.717, 1.165) is 16.3 Å². The number of benzene rings is 1. The molecular formula is C17H20N3O9P. The molecule has 1 aliphatic heterocycles. The van der Waals surface area contributed by atoms with Gasteiger partial charge >= 0.3 is 13.5 Å². The van der Waals surface area contributed by atoms with Crippen molar-refractivity contribution in [2.24, 2.45) is 0 Å². The summed E-state index contributed by atoms with van der Waals surface area (Å²) in [5.41, 5.74) is -1.28. The number of nitrogens with zero attached hydrogens (tertiary/aromatic N) is 1. The van der Waals surface area contributed by atoms with Crippen molar-refractivity contribution in [3.8, 4) is 0 Å². The highest BCUT2D eigenvalue weighted by atomic mass is 31.2. The van der Waals surface area contributed by atoms with Gasteiger partial charge in [-0.15, -0.1) is 0 Å². The number of nitrogens with one attached hydrogen (secondary N) is 2. The van der Waals surface area contributed by atoms with E-state index in [1.54, 1.807) is 24.3 Å². The molecule has 162 valence electrons. The molecule has 3 rings (SSSR count). The first-order chi connectivity index (χ1) is 14.1. The average Bonchev–Trinajstić information content (AvgIpc) is 3.05. The molecule has 1 fully saturated rings. The van der Waals surface area contributed by atoms with E-state index in [1.165, 1.54) is 0 Å². The monoisotopic (exact) mass is 441 g/mol. The number of phosphoric acid groups is 1. The summed E-state index contributed by atoms with van der Waals surface area (Å²) >= 11 is 0. The van der Waals surface area contributed by atoms with Crippen LogP contribution in [0.3, 0.4) is 0 Å². The summed E-state index contributed by atoms with van der Waals surface area (Å²) in [7, 11) is -4.77. The molecule has 0 aliphatic carbocycles. The number of carbonyl (C=O) groups is 1. The normalized spacial score (nSPS) is 21.5. The minimum Gasteiger partial charge on any atom is -0.390 e. The number of H-pyrrole nitrogens is 1. The Morgan fingerprint density at radius 1 is 1.30 bits per heavy atom. The average molecular weight is 441 g/mol. The van der Waals surface area contributed by atoms with Gasteiger partial charge in [-0.3, -0.25) is 23.7 Å². The van der Waals surface area contributed by atoms with Crippen LogP contribution in [0.15, 0.2) is 46.1 Å². The molecule has 1 aliphatic rings. The van der Waals surface area contributed by atoms with Gasteiger partial charge in [-0.1, -0.05) is 30.3 Å². The molecule has 1 amide bonds. The SMILES string of the molecule is O=C(NCc1ccccc1)c1cn([C@H]2C[C@H](O)[C@@H](COP(=O)(O)O)O2)c(=O)[nH]c1=O. The third-order valence-corrected chi connectivity index (χ3v) is 4.92. The van der Waals surface area contributed by atoms with Crippen LogP contribution in [0.4, 0.5) is 0 Å². The van der Waals surface area contributed by atoms with Crippen molar-refractivity contribution < 1.29 is 33.5 Å². The summed E-state index contributed by atoms with van der Waals surface area (Å²) in [4.78, 5) is 56.2. The number of aromatic nitrogens is 2. The van der Waals surface area contributed by atoms with Gasteiger partial charge in [0.15, 0.2) is 0 Å². The number of hydrogen-bond donors (Lipinski definition) is 5. The maximum absolute atomic E-state index is 12.4. The van der Waals surface area contributed by atoms with Crippen LogP contribution in [0, 0.1) is 0 Å². The van der Waals surface area contributed by atoms with Gasteiger partial charge in [0.1, 0.15) is 17.9 Å². The van der Waals surface area contributed by atoms with Gasteiger partial charge in [0.25, 0.3) is 11.5 Å². The fourth-order valence-electron chi connectivity index (χ4n) is 2.94. The van der Waals surface area contributed by atoms with Gasteiger partial charge in [0.05, 0.1) is 12.7 Å². The summed E-state index contributed by atoms with van der Waals surface area (Å²) in [6.45, 7) is -0.441. The van der Waals surface area contributed by atoms with Gasteiger partial charge in [0, 0.05) is 19.2 Å². The molecule has 0 unspecified atom stereocenters. The first kappa shape index (κ1) is 22.1. The first-order valence-electron chi connectivity index (χ1n) is 8.85. The molecule has 0 saturated carbocycles. The second-order valence-corrected chi connectivity index (χ2v) is 7.84. The van der Waals surface area contributed by atoms with Crippen molar-refractivity contribution in [3.05, 3.63) is 68.5 Å². The van der Waals surface area contributed by atoms with Crippen molar-refractivity contribution in [2.45, 2.75) is 31.4 Å². The third-order valence-electron chi connectivity index (χ3n) is 4.43. The lowest BCUT2D eigenvalue weighted by Gasteiger charge is -2.17. The molecule has 0 bridgehead atoms. The Labute approximate surface area is 169 Å². The number of rotatable bonds is 7. The Bertz CT molecular complexity index is 1060. The zero-order valence-corrected chi connectivity index (χ0v) is 16.4. The Morgan fingerprint density at radius 2 is 2.00 bits per heavy atom. The molecule has 5 N–H and O–H groups in total. The highest BCUT2D eigenvalue weighted by Crippen LogP contribution is 2.38. The minimum atomic E-state index is -4.77. The van der Waals surface area contributed by atoms with Crippen LogP contribution in [0.2, 0.25) is 0 Å². The number of aliphatic hydroxyl groups is 1. The molecule has 1 aromatic carbocycles. The van der Waals surface area contributed by atoms with Crippen molar-refractivity contribution in [2.75, 3.05) is 6.61 Å². The van der Waals surface area contributed by atoms with Crippen LogP contribution in [-0.4, -0.2) is 49.2 Å². The lowest BCUT2D eigenvalue weighted by Crippen LogP contribution is -2.38. The third kappa shape index (κ3) is 5.51. The van der Waals surface area contributed by atoms with E-state index >= 15 is 0 Å². The fourth-order valence-corrected chi connectivity index (χ4v) is 3.28. The summed E-state index contributed by atoms with van der Waals surface area (Å²) in [6.07, 6.45) is -2.47. The van der Waals surface area contributed by atoms with Crippen LogP contribution in [0.25, 0.3) is 0 Å². The highest BCUT2D eigenvalue weighted by Gasteiger charge is 2.37. The number of ether oxygens (including phenoxy) is 1. The van der Waals surface area contributed by atoms with Crippen molar-refractivity contribution >= 4 is 13.7 Å². The van der Waals surface area contributed by atoms with Crippen LogP contribution in [0.1, 0.15) is 28.6 Å². The molecule has 1 aromatic heterocycles.